The van der Waals surface area contributed by atoms with Crippen LogP contribution in [0.15, 0.2) is 16.7 Å². The molecule has 1 aliphatic rings. The summed E-state index contributed by atoms with van der Waals surface area (Å²) in [5, 5.41) is 11.4. The molecular weight excluding hydrogens is 240 g/mol. The Balaban J connectivity index is 2.28. The van der Waals surface area contributed by atoms with Crippen LogP contribution in [0.25, 0.3) is 0 Å². The summed E-state index contributed by atoms with van der Waals surface area (Å²) in [5.74, 6) is -2.06. The maximum Gasteiger partial charge on any atom is 0.328 e. The lowest BCUT2D eigenvalue weighted by molar-refractivity contribution is -0.144. The first-order valence-electron chi connectivity index (χ1n) is 5.35. The van der Waals surface area contributed by atoms with E-state index in [0.29, 0.717) is 5.56 Å². The Morgan fingerprint density at radius 1 is 1.56 bits per heavy atom. The summed E-state index contributed by atoms with van der Waals surface area (Å²) in [5.41, 5.74) is 0.607. The molecule has 7 nitrogen and oxygen atoms in total. The fourth-order valence-corrected chi connectivity index (χ4v) is 1.80. The molecule has 1 unspecified atom stereocenters. The maximum atomic E-state index is 12.1. The first kappa shape index (κ1) is 12.2. The van der Waals surface area contributed by atoms with Crippen LogP contribution in [0.2, 0.25) is 0 Å². The van der Waals surface area contributed by atoms with Gasteiger partial charge in [-0.05, 0) is 13.0 Å². The second-order valence-corrected chi connectivity index (χ2v) is 4.02. The minimum absolute atomic E-state index is 0.0657. The van der Waals surface area contributed by atoms with Crippen LogP contribution in [0.4, 0.5) is 0 Å². The zero-order valence-electron chi connectivity index (χ0n) is 9.67. The molecule has 0 spiro atoms. The van der Waals surface area contributed by atoms with Gasteiger partial charge in [0.2, 0.25) is 5.91 Å². The number of nitrogens with one attached hydrogen (secondary N) is 1. The van der Waals surface area contributed by atoms with E-state index in [2.05, 4.69) is 5.32 Å². The van der Waals surface area contributed by atoms with Crippen molar-refractivity contribution in [2.75, 3.05) is 13.1 Å². The SMILES string of the molecule is Cc1ccoc1C(=O)N1CC(=O)NCC1C(=O)O. The van der Waals surface area contributed by atoms with Crippen LogP contribution >= 0.6 is 0 Å². The minimum atomic E-state index is -1.16. The zero-order valence-corrected chi connectivity index (χ0v) is 9.67. The number of carbonyl (C=O) groups is 3. The van der Waals surface area contributed by atoms with Crippen LogP contribution in [0.1, 0.15) is 16.1 Å². The Bertz CT molecular complexity index is 507. The fraction of sp³-hybridized carbons (Fsp3) is 0.364. The third kappa shape index (κ3) is 2.06. The van der Waals surface area contributed by atoms with E-state index < -0.39 is 17.9 Å². The zero-order chi connectivity index (χ0) is 13.3. The number of carboxylic acid groups (broad SMARTS) is 1. The average molecular weight is 252 g/mol. The summed E-state index contributed by atoms with van der Waals surface area (Å²) in [7, 11) is 0. The third-order valence-corrected chi connectivity index (χ3v) is 2.79. The standard InChI is InChI=1S/C11H12N2O5/c1-6-2-3-18-9(6)10(15)13-5-8(14)12-4-7(13)11(16)17/h2-3,7H,4-5H2,1H3,(H,12,14)(H,16,17). The van der Waals surface area contributed by atoms with Crippen LogP contribution in [-0.2, 0) is 9.59 Å². The van der Waals surface area contributed by atoms with Gasteiger partial charge in [-0.1, -0.05) is 0 Å². The number of carboxylic acids is 1. The Labute approximate surface area is 102 Å². The number of amides is 2. The van der Waals surface area contributed by atoms with E-state index in [9.17, 15) is 14.4 Å². The molecule has 1 aliphatic heterocycles. The second-order valence-electron chi connectivity index (χ2n) is 4.02. The Morgan fingerprint density at radius 3 is 2.83 bits per heavy atom. The number of hydrogen-bond donors (Lipinski definition) is 2. The van der Waals surface area contributed by atoms with Gasteiger partial charge in [-0.15, -0.1) is 0 Å². The average Bonchev–Trinajstić information content (AvgIpc) is 2.74. The predicted octanol–water partition coefficient (Wildman–Crippen LogP) is -0.387. The Hall–Kier alpha value is -2.31. The van der Waals surface area contributed by atoms with E-state index in [1.54, 1.807) is 13.0 Å². The van der Waals surface area contributed by atoms with Crippen molar-refractivity contribution >= 4 is 17.8 Å². The highest BCUT2D eigenvalue weighted by molar-refractivity contribution is 5.99. The van der Waals surface area contributed by atoms with E-state index in [0.717, 1.165) is 4.90 Å². The molecule has 2 N–H and O–H groups in total. The highest BCUT2D eigenvalue weighted by atomic mass is 16.4. The molecule has 1 aromatic heterocycles. The van der Waals surface area contributed by atoms with Gasteiger partial charge in [0.05, 0.1) is 6.26 Å². The number of rotatable bonds is 2. The summed E-state index contributed by atoms with van der Waals surface area (Å²) < 4.78 is 5.03. The van der Waals surface area contributed by atoms with Crippen molar-refractivity contribution in [3.8, 4) is 0 Å². The predicted molar refractivity (Wildman–Crippen MR) is 58.9 cm³/mol. The van der Waals surface area contributed by atoms with Crippen molar-refractivity contribution in [1.29, 1.82) is 0 Å². The molecule has 1 saturated heterocycles. The lowest BCUT2D eigenvalue weighted by Gasteiger charge is -2.32. The first-order chi connectivity index (χ1) is 8.50. The first-order valence-corrected chi connectivity index (χ1v) is 5.35. The summed E-state index contributed by atoms with van der Waals surface area (Å²) in [6.07, 6.45) is 1.35. The molecule has 0 radical (unpaired) electrons. The maximum absolute atomic E-state index is 12.1. The second kappa shape index (κ2) is 4.52. The van der Waals surface area contributed by atoms with E-state index in [1.807, 2.05) is 0 Å². The number of piperazine rings is 1. The van der Waals surface area contributed by atoms with Crippen molar-refractivity contribution in [3.05, 3.63) is 23.7 Å². The molecule has 0 aliphatic carbocycles. The van der Waals surface area contributed by atoms with Gasteiger partial charge in [0.1, 0.15) is 12.6 Å². The minimum Gasteiger partial charge on any atom is -0.480 e. The van der Waals surface area contributed by atoms with Crippen LogP contribution in [-0.4, -0.2) is 46.9 Å². The lowest BCUT2D eigenvalue weighted by atomic mass is 10.1. The van der Waals surface area contributed by atoms with Gasteiger partial charge in [-0.25, -0.2) is 4.79 Å². The van der Waals surface area contributed by atoms with Crippen LogP contribution in [0, 0.1) is 6.92 Å². The highest BCUT2D eigenvalue weighted by Crippen LogP contribution is 2.15. The third-order valence-electron chi connectivity index (χ3n) is 2.79. The van der Waals surface area contributed by atoms with Gasteiger partial charge in [0.25, 0.3) is 5.91 Å². The number of hydrogen-bond acceptors (Lipinski definition) is 4. The summed E-state index contributed by atoms with van der Waals surface area (Å²) in [4.78, 5) is 35.5. The molecule has 2 heterocycles. The van der Waals surface area contributed by atoms with Gasteiger partial charge in [-0.2, -0.15) is 0 Å². The molecule has 0 saturated carbocycles. The van der Waals surface area contributed by atoms with Gasteiger partial charge in [0.15, 0.2) is 5.76 Å². The molecule has 7 heteroatoms. The normalized spacial score (nSPS) is 19.5. The molecule has 2 amide bonds. The monoisotopic (exact) mass is 252 g/mol. The van der Waals surface area contributed by atoms with E-state index >= 15 is 0 Å². The molecule has 1 aromatic rings. The molecule has 1 atom stereocenters. The number of furan rings is 1. The summed E-state index contributed by atoms with van der Waals surface area (Å²) >= 11 is 0. The van der Waals surface area contributed by atoms with Crippen molar-refractivity contribution in [2.24, 2.45) is 0 Å². The molecule has 96 valence electrons. The molecule has 18 heavy (non-hydrogen) atoms. The molecular formula is C11H12N2O5. The largest absolute Gasteiger partial charge is 0.480 e. The quantitative estimate of drug-likeness (QED) is 0.747. The Kier molecular flexibility index (Phi) is 3.05. The number of carbonyl (C=O) groups excluding carboxylic acids is 2. The Morgan fingerprint density at radius 2 is 2.28 bits per heavy atom. The van der Waals surface area contributed by atoms with Crippen molar-refractivity contribution in [1.82, 2.24) is 10.2 Å². The van der Waals surface area contributed by atoms with Crippen LogP contribution in [0.5, 0.6) is 0 Å². The van der Waals surface area contributed by atoms with Crippen molar-refractivity contribution in [3.63, 3.8) is 0 Å². The van der Waals surface area contributed by atoms with Gasteiger partial charge >= 0.3 is 5.97 Å². The number of aliphatic carboxylic acids is 1. The molecule has 2 rings (SSSR count). The van der Waals surface area contributed by atoms with Crippen LogP contribution < -0.4 is 5.32 Å². The van der Waals surface area contributed by atoms with Gasteiger partial charge < -0.3 is 19.7 Å². The van der Waals surface area contributed by atoms with E-state index in [4.69, 9.17) is 9.52 Å². The summed E-state index contributed by atoms with van der Waals surface area (Å²) in [6, 6.07) is 0.534. The van der Waals surface area contributed by atoms with Gasteiger partial charge in [-0.3, -0.25) is 9.59 Å². The smallest absolute Gasteiger partial charge is 0.328 e. The van der Waals surface area contributed by atoms with Crippen LogP contribution in [0.3, 0.4) is 0 Å². The highest BCUT2D eigenvalue weighted by Gasteiger charge is 2.37. The van der Waals surface area contributed by atoms with E-state index in [1.165, 1.54) is 6.26 Å². The molecule has 0 bridgehead atoms. The fourth-order valence-electron chi connectivity index (χ4n) is 1.80. The van der Waals surface area contributed by atoms with E-state index in [-0.39, 0.29) is 24.8 Å². The van der Waals surface area contributed by atoms with Gasteiger partial charge in [0, 0.05) is 12.1 Å². The van der Waals surface area contributed by atoms with Crippen molar-refractivity contribution < 1.29 is 23.9 Å². The van der Waals surface area contributed by atoms with Crippen molar-refractivity contribution in [2.45, 2.75) is 13.0 Å². The molecule has 0 aromatic carbocycles. The lowest BCUT2D eigenvalue weighted by Crippen LogP contribution is -2.59. The topological polar surface area (TPSA) is 99.9 Å². The number of nitrogens with zero attached hydrogens (tertiary/aromatic N) is 1. The number of aryl methyl sites for hydroxylation is 1. The molecule has 1 fully saturated rings. The summed E-state index contributed by atoms with van der Waals surface area (Å²) in [6.45, 7) is 1.30.